The SMILES string of the molecule is O=C(Nc1ccc(CC(=O)N2CCc3[nH]c4ccccc4c3C2)cc1)c1ccc(Br)o1. The Morgan fingerprint density at radius 2 is 1.87 bits per heavy atom. The van der Waals surface area contributed by atoms with Gasteiger partial charge in [0.25, 0.3) is 5.91 Å². The molecule has 0 aliphatic carbocycles. The molecule has 5 rings (SSSR count). The highest BCUT2D eigenvalue weighted by molar-refractivity contribution is 9.10. The molecule has 3 heterocycles. The Hall–Kier alpha value is -3.32. The van der Waals surface area contributed by atoms with Crippen molar-refractivity contribution in [3.05, 3.63) is 87.9 Å². The summed E-state index contributed by atoms with van der Waals surface area (Å²) >= 11 is 3.19. The number of nitrogens with zero attached hydrogens (tertiary/aromatic N) is 1. The predicted octanol–water partition coefficient (Wildman–Crippen LogP) is 4.90. The van der Waals surface area contributed by atoms with Gasteiger partial charge in [0.1, 0.15) is 0 Å². The zero-order chi connectivity index (χ0) is 21.4. The molecule has 0 saturated heterocycles. The molecule has 2 aromatic carbocycles. The molecular formula is C24H20BrN3O3. The Bertz CT molecular complexity index is 1270. The number of rotatable bonds is 4. The van der Waals surface area contributed by atoms with E-state index in [1.807, 2.05) is 29.2 Å². The minimum Gasteiger partial charge on any atom is -0.444 e. The van der Waals surface area contributed by atoms with E-state index in [1.54, 1.807) is 24.3 Å². The van der Waals surface area contributed by atoms with Gasteiger partial charge in [-0.1, -0.05) is 30.3 Å². The number of hydrogen-bond acceptors (Lipinski definition) is 3. The number of para-hydroxylation sites is 1. The maximum atomic E-state index is 12.9. The number of furan rings is 1. The third-order valence-corrected chi connectivity index (χ3v) is 6.03. The molecule has 0 saturated carbocycles. The number of aromatic nitrogens is 1. The summed E-state index contributed by atoms with van der Waals surface area (Å²) in [6, 6.07) is 18.8. The van der Waals surface area contributed by atoms with Crippen LogP contribution in [-0.2, 0) is 24.2 Å². The average Bonchev–Trinajstić information content (AvgIpc) is 3.38. The van der Waals surface area contributed by atoms with Crippen molar-refractivity contribution < 1.29 is 14.0 Å². The standard InChI is InChI=1S/C24H20BrN3O3/c25-22-10-9-21(31-22)24(30)26-16-7-5-15(6-8-16)13-23(29)28-12-11-20-18(14-28)17-3-1-2-4-19(17)27-20/h1-10,27H,11-14H2,(H,26,30). The number of fused-ring (bicyclic) bond motifs is 3. The van der Waals surface area contributed by atoms with Crippen LogP contribution in [0.15, 0.2) is 69.8 Å². The Morgan fingerprint density at radius 1 is 1.06 bits per heavy atom. The minimum atomic E-state index is -0.322. The highest BCUT2D eigenvalue weighted by Crippen LogP contribution is 2.28. The molecule has 1 aliphatic heterocycles. The molecule has 2 amide bonds. The van der Waals surface area contributed by atoms with E-state index in [0.29, 0.717) is 29.9 Å². The fourth-order valence-corrected chi connectivity index (χ4v) is 4.31. The number of benzene rings is 2. The first kappa shape index (κ1) is 19.6. The maximum absolute atomic E-state index is 12.9. The number of amides is 2. The van der Waals surface area contributed by atoms with Crippen molar-refractivity contribution in [2.75, 3.05) is 11.9 Å². The summed E-state index contributed by atoms with van der Waals surface area (Å²) < 4.78 is 5.76. The molecule has 2 aromatic heterocycles. The Morgan fingerprint density at radius 3 is 2.65 bits per heavy atom. The summed E-state index contributed by atoms with van der Waals surface area (Å²) in [7, 11) is 0. The monoisotopic (exact) mass is 477 g/mol. The molecule has 0 spiro atoms. The van der Waals surface area contributed by atoms with Crippen LogP contribution in [0.4, 0.5) is 5.69 Å². The highest BCUT2D eigenvalue weighted by Gasteiger charge is 2.24. The molecule has 0 atom stereocenters. The third kappa shape index (κ3) is 4.01. The summed E-state index contributed by atoms with van der Waals surface area (Å²) in [6.45, 7) is 1.34. The van der Waals surface area contributed by atoms with E-state index in [-0.39, 0.29) is 17.6 Å². The minimum absolute atomic E-state index is 0.105. The molecule has 2 N–H and O–H groups in total. The lowest BCUT2D eigenvalue weighted by molar-refractivity contribution is -0.131. The molecule has 0 fully saturated rings. The van der Waals surface area contributed by atoms with E-state index in [4.69, 9.17) is 4.42 Å². The van der Waals surface area contributed by atoms with Crippen LogP contribution in [0.25, 0.3) is 10.9 Å². The summed E-state index contributed by atoms with van der Waals surface area (Å²) in [5.74, 6) is 0.0124. The number of hydrogen-bond donors (Lipinski definition) is 2. The lowest BCUT2D eigenvalue weighted by atomic mass is 10.0. The summed E-state index contributed by atoms with van der Waals surface area (Å²) in [6.07, 6.45) is 1.17. The molecule has 7 heteroatoms. The van der Waals surface area contributed by atoms with Gasteiger partial charge >= 0.3 is 0 Å². The van der Waals surface area contributed by atoms with Crippen molar-refractivity contribution in [2.45, 2.75) is 19.4 Å². The number of H-pyrrole nitrogens is 1. The van der Waals surface area contributed by atoms with Crippen LogP contribution in [0, 0.1) is 0 Å². The molecular weight excluding hydrogens is 458 g/mol. The van der Waals surface area contributed by atoms with E-state index >= 15 is 0 Å². The van der Waals surface area contributed by atoms with Gasteiger partial charge in [-0.2, -0.15) is 0 Å². The van der Waals surface area contributed by atoms with Crippen LogP contribution in [0.1, 0.15) is 27.4 Å². The normalized spacial score (nSPS) is 13.3. The summed E-state index contributed by atoms with van der Waals surface area (Å²) in [5, 5.41) is 3.98. The second kappa shape index (κ2) is 8.07. The van der Waals surface area contributed by atoms with Crippen molar-refractivity contribution in [2.24, 2.45) is 0 Å². The fourth-order valence-electron chi connectivity index (χ4n) is 4.00. The van der Waals surface area contributed by atoms with Gasteiger partial charge in [-0.15, -0.1) is 0 Å². The van der Waals surface area contributed by atoms with Crippen molar-refractivity contribution in [1.82, 2.24) is 9.88 Å². The van der Waals surface area contributed by atoms with E-state index < -0.39 is 0 Å². The molecule has 0 radical (unpaired) electrons. The number of aromatic amines is 1. The van der Waals surface area contributed by atoms with Crippen LogP contribution in [0.3, 0.4) is 0 Å². The summed E-state index contributed by atoms with van der Waals surface area (Å²) in [4.78, 5) is 30.5. The second-order valence-corrected chi connectivity index (χ2v) is 8.41. The number of halogens is 1. The number of anilines is 1. The molecule has 6 nitrogen and oxygen atoms in total. The molecule has 0 unspecified atom stereocenters. The maximum Gasteiger partial charge on any atom is 0.291 e. The lowest BCUT2D eigenvalue weighted by Gasteiger charge is -2.27. The van der Waals surface area contributed by atoms with Crippen LogP contribution >= 0.6 is 15.9 Å². The Kier molecular flexibility index (Phi) is 5.11. The highest BCUT2D eigenvalue weighted by atomic mass is 79.9. The molecule has 156 valence electrons. The van der Waals surface area contributed by atoms with Crippen molar-refractivity contribution in [3.63, 3.8) is 0 Å². The summed E-state index contributed by atoms with van der Waals surface area (Å²) in [5.41, 5.74) is 5.14. The van der Waals surface area contributed by atoms with Gasteiger partial charge in [-0.25, -0.2) is 0 Å². The average molecular weight is 478 g/mol. The van der Waals surface area contributed by atoms with Gasteiger partial charge in [0.15, 0.2) is 10.4 Å². The van der Waals surface area contributed by atoms with Crippen LogP contribution in [0.5, 0.6) is 0 Å². The number of carbonyl (C=O) groups excluding carboxylic acids is 2. The molecule has 1 aliphatic rings. The Labute approximate surface area is 187 Å². The molecule has 0 bridgehead atoms. The van der Waals surface area contributed by atoms with Gasteiger partial charge in [0.05, 0.1) is 6.42 Å². The second-order valence-electron chi connectivity index (χ2n) is 7.62. The first-order valence-electron chi connectivity index (χ1n) is 10.1. The predicted molar refractivity (Wildman–Crippen MR) is 122 cm³/mol. The number of carbonyl (C=O) groups is 2. The van der Waals surface area contributed by atoms with E-state index in [1.165, 1.54) is 16.6 Å². The van der Waals surface area contributed by atoms with Crippen LogP contribution in [0.2, 0.25) is 0 Å². The van der Waals surface area contributed by atoms with Crippen molar-refractivity contribution in [1.29, 1.82) is 0 Å². The van der Waals surface area contributed by atoms with E-state index in [9.17, 15) is 9.59 Å². The smallest absolute Gasteiger partial charge is 0.291 e. The zero-order valence-electron chi connectivity index (χ0n) is 16.7. The first-order chi connectivity index (χ1) is 15.1. The van der Waals surface area contributed by atoms with Crippen LogP contribution in [-0.4, -0.2) is 28.2 Å². The first-order valence-corrected chi connectivity index (χ1v) is 10.9. The quantitative estimate of drug-likeness (QED) is 0.438. The molecule has 4 aromatic rings. The Balaban J connectivity index is 1.23. The van der Waals surface area contributed by atoms with Crippen molar-refractivity contribution in [3.8, 4) is 0 Å². The third-order valence-electron chi connectivity index (χ3n) is 5.60. The van der Waals surface area contributed by atoms with Crippen LogP contribution < -0.4 is 5.32 Å². The largest absolute Gasteiger partial charge is 0.444 e. The van der Waals surface area contributed by atoms with Gasteiger partial charge in [0, 0.05) is 47.4 Å². The van der Waals surface area contributed by atoms with Gasteiger partial charge in [-0.05, 0) is 51.8 Å². The lowest BCUT2D eigenvalue weighted by Crippen LogP contribution is -2.36. The molecule has 31 heavy (non-hydrogen) atoms. The van der Waals surface area contributed by atoms with E-state index in [2.05, 4.69) is 38.4 Å². The van der Waals surface area contributed by atoms with Gasteiger partial charge in [-0.3, -0.25) is 9.59 Å². The van der Waals surface area contributed by atoms with E-state index in [0.717, 1.165) is 17.5 Å². The fraction of sp³-hybridized carbons (Fsp3) is 0.167. The van der Waals surface area contributed by atoms with Crippen molar-refractivity contribution >= 4 is 44.3 Å². The topological polar surface area (TPSA) is 78.3 Å². The van der Waals surface area contributed by atoms with Gasteiger partial charge in [0.2, 0.25) is 5.91 Å². The number of nitrogens with one attached hydrogen (secondary N) is 2. The zero-order valence-corrected chi connectivity index (χ0v) is 18.2. The van der Waals surface area contributed by atoms with Gasteiger partial charge < -0.3 is 19.6 Å².